The second kappa shape index (κ2) is 6.84. The quantitative estimate of drug-likeness (QED) is 0.824. The van der Waals surface area contributed by atoms with Gasteiger partial charge in [-0.2, -0.15) is 0 Å². The van der Waals surface area contributed by atoms with Crippen molar-refractivity contribution in [1.29, 1.82) is 0 Å². The summed E-state index contributed by atoms with van der Waals surface area (Å²) in [6.07, 6.45) is 10.8. The molecule has 1 atom stereocenters. The van der Waals surface area contributed by atoms with Gasteiger partial charge < -0.3 is 9.32 Å². The highest BCUT2D eigenvalue weighted by molar-refractivity contribution is 5.92. The lowest BCUT2D eigenvalue weighted by Crippen LogP contribution is -2.41. The summed E-state index contributed by atoms with van der Waals surface area (Å²) in [7, 11) is 0. The van der Waals surface area contributed by atoms with Crippen LogP contribution in [-0.4, -0.2) is 28.4 Å². The standard InChI is InChI=1S/C18H28N2O2/c1-13(2)10-15-6-4-3-5-9-20(15)18(21)16-12-22-17(19-16)11-14-7-8-14/h12-15H,3-11H2,1-2H3/t15-/m0/s1. The molecule has 0 unspecified atom stereocenters. The first-order valence-corrected chi connectivity index (χ1v) is 8.89. The van der Waals surface area contributed by atoms with Crippen LogP contribution < -0.4 is 0 Å². The highest BCUT2D eigenvalue weighted by atomic mass is 16.3. The van der Waals surface area contributed by atoms with Gasteiger partial charge in [-0.05, 0) is 43.9 Å². The topological polar surface area (TPSA) is 46.3 Å². The highest BCUT2D eigenvalue weighted by Gasteiger charge is 2.29. The summed E-state index contributed by atoms with van der Waals surface area (Å²) in [6, 6.07) is 0.360. The Hall–Kier alpha value is -1.32. The average molecular weight is 304 g/mol. The molecule has 22 heavy (non-hydrogen) atoms. The number of likely N-dealkylation sites (tertiary alicyclic amines) is 1. The van der Waals surface area contributed by atoms with E-state index in [0.717, 1.165) is 44.0 Å². The molecule has 0 bridgehead atoms. The van der Waals surface area contributed by atoms with Crippen molar-refractivity contribution in [2.24, 2.45) is 11.8 Å². The molecule has 0 spiro atoms. The van der Waals surface area contributed by atoms with Crippen molar-refractivity contribution in [3.63, 3.8) is 0 Å². The lowest BCUT2D eigenvalue weighted by molar-refractivity contribution is 0.0655. The van der Waals surface area contributed by atoms with Crippen LogP contribution in [0.15, 0.2) is 10.7 Å². The molecule has 1 saturated carbocycles. The van der Waals surface area contributed by atoms with E-state index in [1.807, 2.05) is 0 Å². The number of amides is 1. The Morgan fingerprint density at radius 3 is 2.86 bits per heavy atom. The first-order chi connectivity index (χ1) is 10.6. The van der Waals surface area contributed by atoms with Gasteiger partial charge in [0.1, 0.15) is 6.26 Å². The SMILES string of the molecule is CC(C)C[C@@H]1CCCCCN1C(=O)c1coc(CC2CC2)n1. The number of oxazole rings is 1. The maximum atomic E-state index is 12.9. The van der Waals surface area contributed by atoms with Crippen LogP contribution in [0.25, 0.3) is 0 Å². The van der Waals surface area contributed by atoms with Crippen molar-refractivity contribution in [3.05, 3.63) is 17.8 Å². The minimum Gasteiger partial charge on any atom is -0.448 e. The van der Waals surface area contributed by atoms with Gasteiger partial charge >= 0.3 is 0 Å². The summed E-state index contributed by atoms with van der Waals surface area (Å²) in [4.78, 5) is 19.4. The molecule has 2 aliphatic rings. The van der Waals surface area contributed by atoms with E-state index in [4.69, 9.17) is 4.42 Å². The fourth-order valence-electron chi connectivity index (χ4n) is 3.45. The first-order valence-electron chi connectivity index (χ1n) is 8.89. The second-order valence-electron chi connectivity index (χ2n) is 7.41. The molecule has 0 N–H and O–H groups in total. The van der Waals surface area contributed by atoms with Gasteiger partial charge in [0.25, 0.3) is 5.91 Å². The molecular formula is C18H28N2O2. The van der Waals surface area contributed by atoms with Crippen LogP contribution in [-0.2, 0) is 6.42 Å². The summed E-state index contributed by atoms with van der Waals surface area (Å²) < 4.78 is 5.52. The van der Waals surface area contributed by atoms with Crippen LogP contribution in [0.1, 0.15) is 75.2 Å². The predicted molar refractivity (Wildman–Crippen MR) is 85.7 cm³/mol. The number of nitrogens with zero attached hydrogens (tertiary/aromatic N) is 2. The van der Waals surface area contributed by atoms with E-state index < -0.39 is 0 Å². The number of rotatable bonds is 5. The normalized spacial score (nSPS) is 22.9. The zero-order valence-electron chi connectivity index (χ0n) is 13.9. The number of hydrogen-bond acceptors (Lipinski definition) is 3. The van der Waals surface area contributed by atoms with Crippen LogP contribution >= 0.6 is 0 Å². The van der Waals surface area contributed by atoms with E-state index in [1.165, 1.54) is 25.7 Å². The van der Waals surface area contributed by atoms with Gasteiger partial charge in [-0.25, -0.2) is 4.98 Å². The lowest BCUT2D eigenvalue weighted by Gasteiger charge is -2.30. The fourth-order valence-corrected chi connectivity index (χ4v) is 3.45. The first kappa shape index (κ1) is 15.6. The third-order valence-electron chi connectivity index (χ3n) is 4.81. The maximum Gasteiger partial charge on any atom is 0.276 e. The number of hydrogen-bond donors (Lipinski definition) is 0. The average Bonchev–Trinajstić information content (AvgIpc) is 3.20. The van der Waals surface area contributed by atoms with E-state index in [9.17, 15) is 4.79 Å². The summed E-state index contributed by atoms with van der Waals surface area (Å²) in [5.41, 5.74) is 0.506. The van der Waals surface area contributed by atoms with Gasteiger partial charge in [0, 0.05) is 19.0 Å². The van der Waals surface area contributed by atoms with Crippen LogP contribution in [0.5, 0.6) is 0 Å². The minimum absolute atomic E-state index is 0.0679. The van der Waals surface area contributed by atoms with E-state index >= 15 is 0 Å². The Labute approximate surface area is 133 Å². The molecule has 1 saturated heterocycles. The number of aromatic nitrogens is 1. The molecule has 122 valence electrons. The summed E-state index contributed by atoms with van der Waals surface area (Å²) >= 11 is 0. The third kappa shape index (κ3) is 3.90. The van der Waals surface area contributed by atoms with Crippen LogP contribution in [0.4, 0.5) is 0 Å². The van der Waals surface area contributed by atoms with Gasteiger partial charge in [0.15, 0.2) is 11.6 Å². The molecular weight excluding hydrogens is 276 g/mol. The van der Waals surface area contributed by atoms with Gasteiger partial charge in [0.2, 0.25) is 0 Å². The summed E-state index contributed by atoms with van der Waals surface area (Å²) in [5.74, 6) is 2.15. The second-order valence-corrected chi connectivity index (χ2v) is 7.41. The highest BCUT2D eigenvalue weighted by Crippen LogP contribution is 2.32. The number of carbonyl (C=O) groups is 1. The molecule has 1 aliphatic heterocycles. The van der Waals surface area contributed by atoms with E-state index in [2.05, 4.69) is 23.7 Å². The molecule has 0 aromatic carbocycles. The van der Waals surface area contributed by atoms with Crippen molar-refractivity contribution in [1.82, 2.24) is 9.88 Å². The third-order valence-corrected chi connectivity index (χ3v) is 4.81. The Morgan fingerprint density at radius 2 is 2.14 bits per heavy atom. The Balaban J connectivity index is 1.70. The Bertz CT molecular complexity index is 505. The smallest absolute Gasteiger partial charge is 0.276 e. The molecule has 1 aromatic rings. The summed E-state index contributed by atoms with van der Waals surface area (Å²) in [6.45, 7) is 5.33. The monoisotopic (exact) mass is 304 g/mol. The van der Waals surface area contributed by atoms with Gasteiger partial charge in [0.05, 0.1) is 0 Å². The van der Waals surface area contributed by atoms with Crippen LogP contribution in [0, 0.1) is 11.8 Å². The largest absolute Gasteiger partial charge is 0.448 e. The van der Waals surface area contributed by atoms with Crippen LogP contribution in [0.3, 0.4) is 0 Å². The molecule has 1 aliphatic carbocycles. The predicted octanol–water partition coefficient (Wildman–Crippen LogP) is 4.06. The number of carbonyl (C=O) groups excluding carboxylic acids is 1. The maximum absolute atomic E-state index is 12.9. The van der Waals surface area contributed by atoms with Crippen molar-refractivity contribution in [2.45, 2.75) is 71.3 Å². The van der Waals surface area contributed by atoms with Crippen molar-refractivity contribution in [3.8, 4) is 0 Å². The zero-order chi connectivity index (χ0) is 15.5. The van der Waals surface area contributed by atoms with Crippen LogP contribution in [0.2, 0.25) is 0 Å². The molecule has 1 amide bonds. The lowest BCUT2D eigenvalue weighted by atomic mass is 9.98. The molecule has 1 aromatic heterocycles. The van der Waals surface area contributed by atoms with Gasteiger partial charge in [-0.1, -0.05) is 26.7 Å². The Kier molecular flexibility index (Phi) is 4.84. The van der Waals surface area contributed by atoms with E-state index in [-0.39, 0.29) is 5.91 Å². The molecule has 4 heteroatoms. The zero-order valence-corrected chi connectivity index (χ0v) is 13.9. The van der Waals surface area contributed by atoms with Crippen molar-refractivity contribution in [2.75, 3.05) is 6.54 Å². The minimum atomic E-state index is 0.0679. The van der Waals surface area contributed by atoms with Gasteiger partial charge in [-0.3, -0.25) is 4.79 Å². The summed E-state index contributed by atoms with van der Waals surface area (Å²) in [5, 5.41) is 0. The van der Waals surface area contributed by atoms with Crippen molar-refractivity contribution >= 4 is 5.91 Å². The Morgan fingerprint density at radius 1 is 1.32 bits per heavy atom. The molecule has 4 nitrogen and oxygen atoms in total. The molecule has 2 fully saturated rings. The molecule has 0 radical (unpaired) electrons. The molecule has 2 heterocycles. The van der Waals surface area contributed by atoms with Crippen molar-refractivity contribution < 1.29 is 9.21 Å². The fraction of sp³-hybridized carbons (Fsp3) is 0.778. The van der Waals surface area contributed by atoms with Gasteiger partial charge in [-0.15, -0.1) is 0 Å². The van der Waals surface area contributed by atoms with E-state index in [1.54, 1.807) is 6.26 Å². The molecule has 3 rings (SSSR count). The van der Waals surface area contributed by atoms with E-state index in [0.29, 0.717) is 17.7 Å².